The van der Waals surface area contributed by atoms with Crippen molar-refractivity contribution < 1.29 is 28.7 Å². The van der Waals surface area contributed by atoms with Crippen molar-refractivity contribution in [3.8, 4) is 0 Å². The molecule has 3 aliphatic rings. The van der Waals surface area contributed by atoms with E-state index < -0.39 is 41.4 Å². The van der Waals surface area contributed by atoms with Crippen LogP contribution in [0.4, 0.5) is 0 Å². The molecule has 1 aromatic rings. The zero-order chi connectivity index (χ0) is 28.5. The first-order chi connectivity index (χ1) is 18.5. The summed E-state index contributed by atoms with van der Waals surface area (Å²) in [6, 6.07) is 9.63. The Kier molecular flexibility index (Phi) is 8.28. The van der Waals surface area contributed by atoms with E-state index in [2.05, 4.69) is 11.9 Å². The number of Topliss-reactive ketones (excluding diaryl/α,β-unsaturated/α-hetero) is 1. The van der Waals surface area contributed by atoms with Gasteiger partial charge < -0.3 is 14.8 Å². The standard InChI is InChI=1S/C32H39NO6/c1-18-11-10-14-25-30(39-23(6)35)21(4)20(3)28-26(17-24-12-8-7-9-13-24)33-31(37)32(25,28)27(38-22(5)34)16-15-19(2)29(18)36/h7-10,12-16,18-20,25-28,30H,4,11,17H2,1-3,5-6H3,(H,33,37). The minimum absolute atomic E-state index is 0.0588. The molecule has 1 N–H and O–H groups in total. The van der Waals surface area contributed by atoms with E-state index in [0.29, 0.717) is 18.4 Å². The molecule has 1 saturated heterocycles. The van der Waals surface area contributed by atoms with Crippen molar-refractivity contribution in [3.05, 3.63) is 72.4 Å². The average Bonchev–Trinajstić information content (AvgIpc) is 3.17. The highest BCUT2D eigenvalue weighted by Crippen LogP contribution is 2.59. The molecule has 39 heavy (non-hydrogen) atoms. The fourth-order valence-electron chi connectivity index (χ4n) is 6.95. The van der Waals surface area contributed by atoms with Gasteiger partial charge in [-0.15, -0.1) is 0 Å². The molecule has 1 spiro atoms. The Balaban J connectivity index is 1.97. The van der Waals surface area contributed by atoms with Gasteiger partial charge in [0.2, 0.25) is 5.91 Å². The van der Waals surface area contributed by atoms with Crippen molar-refractivity contribution in [2.45, 2.75) is 65.7 Å². The van der Waals surface area contributed by atoms with Gasteiger partial charge in [-0.05, 0) is 36.0 Å². The number of nitrogens with one attached hydrogen (secondary N) is 1. The normalized spacial score (nSPS) is 36.3. The van der Waals surface area contributed by atoms with Crippen molar-refractivity contribution in [2.24, 2.45) is 35.0 Å². The van der Waals surface area contributed by atoms with Gasteiger partial charge in [-0.3, -0.25) is 19.2 Å². The van der Waals surface area contributed by atoms with Gasteiger partial charge in [0, 0.05) is 43.6 Å². The highest BCUT2D eigenvalue weighted by Gasteiger charge is 2.69. The number of allylic oxidation sites excluding steroid dienone is 2. The lowest BCUT2D eigenvalue weighted by atomic mass is 9.51. The summed E-state index contributed by atoms with van der Waals surface area (Å²) in [5.74, 6) is -3.16. The van der Waals surface area contributed by atoms with E-state index in [-0.39, 0.29) is 35.5 Å². The Morgan fingerprint density at radius 3 is 2.31 bits per heavy atom. The van der Waals surface area contributed by atoms with Crippen LogP contribution in [-0.4, -0.2) is 41.9 Å². The van der Waals surface area contributed by atoms with Gasteiger partial charge in [-0.25, -0.2) is 0 Å². The molecule has 1 amide bonds. The Morgan fingerprint density at radius 1 is 1.00 bits per heavy atom. The van der Waals surface area contributed by atoms with E-state index in [1.165, 1.54) is 13.8 Å². The zero-order valence-electron chi connectivity index (χ0n) is 23.4. The maximum Gasteiger partial charge on any atom is 0.303 e. The van der Waals surface area contributed by atoms with Crippen molar-refractivity contribution in [3.63, 3.8) is 0 Å². The summed E-state index contributed by atoms with van der Waals surface area (Å²) in [5.41, 5.74) is 0.485. The number of rotatable bonds is 4. The predicted octanol–water partition coefficient (Wildman–Crippen LogP) is 4.37. The molecule has 0 radical (unpaired) electrons. The van der Waals surface area contributed by atoms with E-state index in [0.717, 1.165) is 5.56 Å². The van der Waals surface area contributed by atoms with E-state index in [1.54, 1.807) is 12.2 Å². The molecule has 9 unspecified atom stereocenters. The van der Waals surface area contributed by atoms with Crippen LogP contribution in [0.25, 0.3) is 0 Å². The molecule has 9 atom stereocenters. The molecule has 1 saturated carbocycles. The van der Waals surface area contributed by atoms with E-state index in [1.807, 2.05) is 63.3 Å². The molecule has 2 fully saturated rings. The van der Waals surface area contributed by atoms with Gasteiger partial charge in [-0.2, -0.15) is 0 Å². The molecule has 7 heteroatoms. The van der Waals surface area contributed by atoms with Crippen LogP contribution in [-0.2, 0) is 35.1 Å². The van der Waals surface area contributed by atoms with Crippen molar-refractivity contribution in [2.75, 3.05) is 0 Å². The molecule has 1 heterocycles. The Labute approximate surface area is 230 Å². The van der Waals surface area contributed by atoms with Crippen LogP contribution < -0.4 is 5.32 Å². The number of esters is 2. The van der Waals surface area contributed by atoms with Gasteiger partial charge in [0.05, 0.1) is 0 Å². The Hall–Kier alpha value is -3.48. The second-order valence-corrected chi connectivity index (χ2v) is 11.3. The second kappa shape index (κ2) is 11.3. The predicted molar refractivity (Wildman–Crippen MR) is 147 cm³/mol. The van der Waals surface area contributed by atoms with Gasteiger partial charge in [0.1, 0.15) is 23.4 Å². The first kappa shape index (κ1) is 28.5. The highest BCUT2D eigenvalue weighted by molar-refractivity contribution is 5.89. The molecule has 7 nitrogen and oxygen atoms in total. The molecular formula is C32H39NO6. The number of amides is 1. The minimum Gasteiger partial charge on any atom is -0.457 e. The second-order valence-electron chi connectivity index (χ2n) is 11.3. The molecular weight excluding hydrogens is 494 g/mol. The largest absolute Gasteiger partial charge is 0.457 e. The van der Waals surface area contributed by atoms with Crippen molar-refractivity contribution in [1.82, 2.24) is 5.32 Å². The van der Waals surface area contributed by atoms with Gasteiger partial charge in [0.15, 0.2) is 0 Å². The highest BCUT2D eigenvalue weighted by atomic mass is 16.6. The maximum atomic E-state index is 14.4. The average molecular weight is 534 g/mol. The quantitative estimate of drug-likeness (QED) is 0.456. The van der Waals surface area contributed by atoms with Crippen molar-refractivity contribution >= 4 is 23.6 Å². The molecule has 2 aliphatic carbocycles. The number of ketones is 1. The summed E-state index contributed by atoms with van der Waals surface area (Å²) in [4.78, 5) is 52.2. The van der Waals surface area contributed by atoms with Crippen molar-refractivity contribution in [1.29, 1.82) is 0 Å². The first-order valence-corrected chi connectivity index (χ1v) is 13.7. The summed E-state index contributed by atoms with van der Waals surface area (Å²) >= 11 is 0. The van der Waals surface area contributed by atoms with Crippen LogP contribution in [0.2, 0.25) is 0 Å². The van der Waals surface area contributed by atoms with Crippen LogP contribution in [0.15, 0.2) is 66.8 Å². The SMILES string of the molecule is C=C1C(C)C2C(Cc3ccccc3)NC(=O)C23C(OC(C)=O)C=CC(C)C(=O)C(C)CC=CC3C1OC(C)=O. The van der Waals surface area contributed by atoms with Crippen LogP contribution in [0.1, 0.15) is 46.6 Å². The first-order valence-electron chi connectivity index (χ1n) is 13.7. The van der Waals surface area contributed by atoms with Crippen LogP contribution in [0, 0.1) is 35.0 Å². The number of carbonyl (C=O) groups excluding carboxylic acids is 4. The van der Waals surface area contributed by atoms with E-state index in [4.69, 9.17) is 9.47 Å². The fraction of sp³-hybridized carbons (Fsp3) is 0.500. The number of benzene rings is 1. The summed E-state index contributed by atoms with van der Waals surface area (Å²) in [5, 5.41) is 3.24. The third-order valence-corrected chi connectivity index (χ3v) is 8.76. The summed E-state index contributed by atoms with van der Waals surface area (Å²) in [6.07, 6.45) is 6.47. The van der Waals surface area contributed by atoms with E-state index in [9.17, 15) is 19.2 Å². The Bertz CT molecular complexity index is 1200. The molecule has 1 aliphatic heterocycles. The Morgan fingerprint density at radius 2 is 1.67 bits per heavy atom. The lowest BCUT2D eigenvalue weighted by molar-refractivity contribution is -0.173. The molecule has 4 rings (SSSR count). The third-order valence-electron chi connectivity index (χ3n) is 8.76. The molecule has 0 bridgehead atoms. The summed E-state index contributed by atoms with van der Waals surface area (Å²) in [7, 11) is 0. The zero-order valence-corrected chi connectivity index (χ0v) is 23.4. The van der Waals surface area contributed by atoms with Gasteiger partial charge >= 0.3 is 11.9 Å². The summed E-state index contributed by atoms with van der Waals surface area (Å²) < 4.78 is 11.8. The number of ether oxygens (including phenoxy) is 2. The fourth-order valence-corrected chi connectivity index (χ4v) is 6.95. The number of hydrogen-bond donors (Lipinski definition) is 1. The molecule has 208 valence electrons. The van der Waals surface area contributed by atoms with Gasteiger partial charge in [-0.1, -0.05) is 75.9 Å². The lowest BCUT2D eigenvalue weighted by Crippen LogP contribution is -2.61. The maximum absolute atomic E-state index is 14.4. The molecule has 0 aromatic heterocycles. The van der Waals surface area contributed by atoms with Crippen LogP contribution >= 0.6 is 0 Å². The lowest BCUT2D eigenvalue weighted by Gasteiger charge is -2.53. The monoisotopic (exact) mass is 533 g/mol. The van der Waals surface area contributed by atoms with Crippen LogP contribution in [0.3, 0.4) is 0 Å². The number of carbonyl (C=O) groups is 4. The van der Waals surface area contributed by atoms with Gasteiger partial charge in [0.25, 0.3) is 0 Å². The van der Waals surface area contributed by atoms with Crippen LogP contribution in [0.5, 0.6) is 0 Å². The van der Waals surface area contributed by atoms with E-state index >= 15 is 0 Å². The smallest absolute Gasteiger partial charge is 0.303 e. The molecule has 1 aromatic carbocycles. The number of hydrogen-bond acceptors (Lipinski definition) is 6. The third kappa shape index (κ3) is 5.23. The minimum atomic E-state index is -1.30. The topological polar surface area (TPSA) is 98.8 Å². The summed E-state index contributed by atoms with van der Waals surface area (Å²) in [6.45, 7) is 12.7.